The van der Waals surface area contributed by atoms with Gasteiger partial charge >= 0.3 is 11.9 Å². The lowest BCUT2D eigenvalue weighted by molar-refractivity contribution is -0.141. The van der Waals surface area contributed by atoms with Crippen LogP contribution < -0.4 is 27.0 Å². The van der Waals surface area contributed by atoms with Crippen molar-refractivity contribution in [2.75, 3.05) is 25.6 Å². The van der Waals surface area contributed by atoms with Crippen molar-refractivity contribution in [3.05, 3.63) is 96.8 Å². The van der Waals surface area contributed by atoms with Crippen LogP contribution in [-0.4, -0.2) is 56.7 Å². The Hall–Kier alpha value is -4.76. The Kier molecular flexibility index (Phi) is 10.5. The number of nitrogens with zero attached hydrogens (tertiary/aromatic N) is 4. The molecule has 52 heavy (non-hydrogen) atoms. The summed E-state index contributed by atoms with van der Waals surface area (Å²) in [4.78, 5) is 34.2. The van der Waals surface area contributed by atoms with Crippen molar-refractivity contribution in [3.8, 4) is 28.3 Å². The Balaban J connectivity index is 0.000000514. The second-order valence-corrected chi connectivity index (χ2v) is 13.2. The first kappa shape index (κ1) is 37.0. The smallest absolute Gasteiger partial charge is 0.433 e. The van der Waals surface area contributed by atoms with Gasteiger partial charge in [-0.1, -0.05) is 41.9 Å². The van der Waals surface area contributed by atoms with Crippen LogP contribution in [0.3, 0.4) is 0 Å². The van der Waals surface area contributed by atoms with E-state index in [0.29, 0.717) is 63.8 Å². The third-order valence-corrected chi connectivity index (χ3v) is 9.93. The minimum absolute atomic E-state index is 0.0660. The van der Waals surface area contributed by atoms with Crippen molar-refractivity contribution >= 4 is 34.0 Å². The average molecular weight is 739 g/mol. The van der Waals surface area contributed by atoms with Crippen LogP contribution in [0.2, 0.25) is 5.02 Å². The first-order valence-corrected chi connectivity index (χ1v) is 17.0. The van der Waals surface area contributed by atoms with Gasteiger partial charge in [-0.2, -0.15) is 13.2 Å². The summed E-state index contributed by atoms with van der Waals surface area (Å²) >= 11 is 7.01. The molecule has 2 atom stereocenters. The molecule has 0 spiro atoms. The Morgan fingerprint density at radius 3 is 2.42 bits per heavy atom. The van der Waals surface area contributed by atoms with Gasteiger partial charge in [-0.25, -0.2) is 14.8 Å². The van der Waals surface area contributed by atoms with Crippen molar-refractivity contribution < 1.29 is 27.8 Å². The Morgan fingerprint density at radius 1 is 1.04 bits per heavy atom. The standard InChI is InChI=1S/C32H27ClF3N5O3.C5H11NO2/c1-16-18(20-11-6-12-21(27(20)33)23-14-17-8-5-10-19(17)29(38-23)44-4)9-7-13-22(16)37-28-26-24(15-25(39-28)32(34,35)36)40(2)31(43)41(3)30(26)42;6-4-1-2-8-3-5(4)7/h6-7,9,11-15H,5,8,10H2,1-4H3,(H,37,39);4-5,7H,1-3,6H2. The number of hydrogen-bond acceptors (Lipinski definition) is 9. The van der Waals surface area contributed by atoms with Crippen LogP contribution in [0.5, 0.6) is 5.88 Å². The molecule has 3 aromatic heterocycles. The van der Waals surface area contributed by atoms with Gasteiger partial charge in [0.05, 0.1) is 36.1 Å². The van der Waals surface area contributed by atoms with Crippen LogP contribution in [0, 0.1) is 6.92 Å². The number of aryl methyl sites for hydroxylation is 2. The van der Waals surface area contributed by atoms with E-state index in [1.165, 1.54) is 19.7 Å². The average Bonchev–Trinajstić information content (AvgIpc) is 3.60. The lowest BCUT2D eigenvalue weighted by atomic mass is 9.96. The van der Waals surface area contributed by atoms with Crippen molar-refractivity contribution in [3.63, 3.8) is 0 Å². The number of rotatable bonds is 5. The maximum Gasteiger partial charge on any atom is 0.433 e. The fourth-order valence-electron chi connectivity index (χ4n) is 6.54. The number of fused-ring (bicyclic) bond motifs is 2. The summed E-state index contributed by atoms with van der Waals surface area (Å²) in [6.45, 7) is 2.89. The van der Waals surface area contributed by atoms with Gasteiger partial charge in [0.25, 0.3) is 5.56 Å². The number of pyridine rings is 2. The van der Waals surface area contributed by atoms with Gasteiger partial charge < -0.3 is 25.6 Å². The molecule has 0 bridgehead atoms. The monoisotopic (exact) mass is 738 g/mol. The van der Waals surface area contributed by atoms with Crippen molar-refractivity contribution in [1.29, 1.82) is 0 Å². The molecule has 2 aliphatic rings. The zero-order valence-electron chi connectivity index (χ0n) is 29.0. The van der Waals surface area contributed by atoms with E-state index in [9.17, 15) is 22.8 Å². The molecule has 274 valence electrons. The van der Waals surface area contributed by atoms with E-state index >= 15 is 0 Å². The summed E-state index contributed by atoms with van der Waals surface area (Å²) in [6.07, 6.45) is -1.61. The van der Waals surface area contributed by atoms with Gasteiger partial charge in [-0.3, -0.25) is 13.9 Å². The third-order valence-electron chi connectivity index (χ3n) is 9.52. The molecular formula is C37H38ClF3N6O5. The second-order valence-electron chi connectivity index (χ2n) is 12.8. The number of alkyl halides is 3. The molecule has 5 aromatic rings. The molecule has 11 nitrogen and oxygen atoms in total. The van der Waals surface area contributed by atoms with Gasteiger partial charge in [0.2, 0.25) is 5.88 Å². The number of aliphatic hydroxyl groups is 1. The summed E-state index contributed by atoms with van der Waals surface area (Å²) in [7, 11) is 4.17. The van der Waals surface area contributed by atoms with Crippen molar-refractivity contribution in [2.45, 2.75) is 50.9 Å². The molecule has 1 saturated heterocycles. The van der Waals surface area contributed by atoms with E-state index in [1.807, 2.05) is 30.3 Å². The first-order chi connectivity index (χ1) is 24.7. The van der Waals surface area contributed by atoms with Gasteiger partial charge in [0, 0.05) is 49.1 Å². The highest BCUT2D eigenvalue weighted by Crippen LogP contribution is 2.41. The van der Waals surface area contributed by atoms with Crippen LogP contribution in [0.4, 0.5) is 24.7 Å². The minimum atomic E-state index is -4.82. The predicted molar refractivity (Wildman–Crippen MR) is 193 cm³/mol. The summed E-state index contributed by atoms with van der Waals surface area (Å²) in [6, 6.07) is 13.5. The number of anilines is 2. The van der Waals surface area contributed by atoms with Crippen molar-refractivity contribution in [1.82, 2.24) is 19.1 Å². The van der Waals surface area contributed by atoms with E-state index in [1.54, 1.807) is 26.2 Å². The molecule has 2 aromatic carbocycles. The van der Waals surface area contributed by atoms with Crippen LogP contribution in [0.15, 0.2) is 58.1 Å². The molecule has 15 heteroatoms. The third kappa shape index (κ3) is 7.03. The van der Waals surface area contributed by atoms with E-state index in [0.717, 1.165) is 40.4 Å². The Bertz CT molecular complexity index is 2280. The number of methoxy groups -OCH3 is 1. The molecule has 0 amide bonds. The maximum absolute atomic E-state index is 13.9. The lowest BCUT2D eigenvalue weighted by Crippen LogP contribution is -2.42. The lowest BCUT2D eigenvalue weighted by Gasteiger charge is -2.23. The van der Waals surface area contributed by atoms with Crippen LogP contribution in [0.25, 0.3) is 33.3 Å². The van der Waals surface area contributed by atoms with E-state index in [4.69, 9.17) is 36.9 Å². The van der Waals surface area contributed by atoms with Crippen LogP contribution >= 0.6 is 11.6 Å². The number of ether oxygens (including phenoxy) is 2. The molecular weight excluding hydrogens is 701 g/mol. The molecule has 7 rings (SSSR count). The highest BCUT2D eigenvalue weighted by molar-refractivity contribution is 6.36. The Labute approximate surface area is 301 Å². The summed E-state index contributed by atoms with van der Waals surface area (Å²) in [5.41, 5.74) is 8.65. The number of aliphatic hydroxyl groups excluding tert-OH is 1. The molecule has 1 aliphatic carbocycles. The van der Waals surface area contributed by atoms with Crippen LogP contribution in [-0.2, 0) is 37.9 Å². The van der Waals surface area contributed by atoms with Crippen molar-refractivity contribution in [2.24, 2.45) is 19.8 Å². The number of aromatic nitrogens is 4. The molecule has 1 aliphatic heterocycles. The first-order valence-electron chi connectivity index (χ1n) is 16.6. The SMILES string of the molecule is COc1nc(-c2cccc(-c3cccc(Nc4nc(C(F)(F)F)cc5c4c(=O)n(C)c(=O)n5C)c3C)c2Cl)cc2c1CCC2.NC1CCOCC1O. The summed E-state index contributed by atoms with van der Waals surface area (Å²) < 4.78 is 53.9. The van der Waals surface area contributed by atoms with Gasteiger partial charge in [0.15, 0.2) is 0 Å². The van der Waals surface area contributed by atoms with Gasteiger partial charge in [-0.05, 0) is 67.5 Å². The zero-order valence-corrected chi connectivity index (χ0v) is 29.7. The number of nitrogens with two attached hydrogens (primary N) is 1. The van der Waals surface area contributed by atoms with E-state index in [2.05, 4.69) is 10.3 Å². The molecule has 1 fully saturated rings. The topological polar surface area (TPSA) is 147 Å². The van der Waals surface area contributed by atoms with Gasteiger partial charge in [0.1, 0.15) is 16.9 Å². The maximum atomic E-state index is 13.9. The quantitative estimate of drug-likeness (QED) is 0.207. The highest BCUT2D eigenvalue weighted by atomic mass is 35.5. The fourth-order valence-corrected chi connectivity index (χ4v) is 6.87. The molecule has 0 saturated carbocycles. The normalized spacial score (nSPS) is 17.0. The molecule has 4 N–H and O–H groups in total. The minimum Gasteiger partial charge on any atom is -0.481 e. The van der Waals surface area contributed by atoms with Gasteiger partial charge in [-0.15, -0.1) is 0 Å². The number of halogens is 4. The summed E-state index contributed by atoms with van der Waals surface area (Å²) in [5.74, 6) is 0.267. The second kappa shape index (κ2) is 14.7. The molecule has 4 heterocycles. The number of nitrogens with one attached hydrogen (secondary N) is 1. The van der Waals surface area contributed by atoms with Crippen LogP contribution in [0.1, 0.15) is 35.2 Å². The largest absolute Gasteiger partial charge is 0.481 e. The summed E-state index contributed by atoms with van der Waals surface area (Å²) in [5, 5.41) is 12.2. The molecule has 0 radical (unpaired) electrons. The Morgan fingerprint density at radius 2 is 1.75 bits per heavy atom. The zero-order chi connectivity index (χ0) is 37.5. The predicted octanol–water partition coefficient (Wildman–Crippen LogP) is 5.68. The molecule has 2 unspecified atom stereocenters. The van der Waals surface area contributed by atoms with E-state index in [-0.39, 0.29) is 22.8 Å². The number of hydrogen-bond donors (Lipinski definition) is 3. The van der Waals surface area contributed by atoms with E-state index < -0.39 is 29.2 Å². The fraction of sp³-hybridized carbons (Fsp3) is 0.351. The highest BCUT2D eigenvalue weighted by Gasteiger charge is 2.34. The number of benzene rings is 2.